The van der Waals surface area contributed by atoms with Crippen molar-refractivity contribution in [2.24, 2.45) is 5.92 Å². The van der Waals surface area contributed by atoms with Crippen molar-refractivity contribution in [3.8, 4) is 0 Å². The molecule has 1 unspecified atom stereocenters. The van der Waals surface area contributed by atoms with Crippen LogP contribution in [0.15, 0.2) is 24.3 Å². The van der Waals surface area contributed by atoms with Crippen molar-refractivity contribution in [2.75, 3.05) is 16.8 Å². The molecule has 0 radical (unpaired) electrons. The predicted molar refractivity (Wildman–Crippen MR) is 108 cm³/mol. The van der Waals surface area contributed by atoms with E-state index in [1.807, 2.05) is 31.2 Å². The second kappa shape index (κ2) is 7.39. The zero-order chi connectivity index (χ0) is 19.8. The number of nitrogens with one attached hydrogen (secondary N) is 1. The summed E-state index contributed by atoms with van der Waals surface area (Å²) in [7, 11) is 0. The third kappa shape index (κ3) is 3.42. The molecule has 1 aliphatic carbocycles. The molecule has 1 atom stereocenters. The fourth-order valence-electron chi connectivity index (χ4n) is 4.02. The van der Waals surface area contributed by atoms with Gasteiger partial charge in [0.2, 0.25) is 11.8 Å². The molecule has 6 nitrogen and oxygen atoms in total. The Kier molecular flexibility index (Phi) is 4.93. The Balaban J connectivity index is 1.53. The minimum atomic E-state index is -1.00. The summed E-state index contributed by atoms with van der Waals surface area (Å²) in [6.45, 7) is 2.27. The largest absolute Gasteiger partial charge is 0.478 e. The molecule has 1 fully saturated rings. The fraction of sp³-hybridized carbons (Fsp3) is 0.381. The van der Waals surface area contributed by atoms with Gasteiger partial charge < -0.3 is 15.3 Å². The van der Waals surface area contributed by atoms with Gasteiger partial charge in [-0.15, -0.1) is 11.3 Å². The number of anilines is 2. The van der Waals surface area contributed by atoms with Crippen LogP contribution in [0.3, 0.4) is 0 Å². The van der Waals surface area contributed by atoms with E-state index in [1.54, 1.807) is 4.90 Å². The number of carboxylic acid groups (broad SMARTS) is 1. The lowest BCUT2D eigenvalue weighted by Gasteiger charge is -2.17. The first-order valence-electron chi connectivity index (χ1n) is 9.49. The molecule has 7 heteroatoms. The first-order valence-corrected chi connectivity index (χ1v) is 10.3. The van der Waals surface area contributed by atoms with E-state index < -0.39 is 11.9 Å². The normalized spacial score (nSPS) is 18.8. The number of hydrogen-bond acceptors (Lipinski definition) is 4. The molecule has 2 amide bonds. The van der Waals surface area contributed by atoms with Gasteiger partial charge in [-0.3, -0.25) is 9.59 Å². The summed E-state index contributed by atoms with van der Waals surface area (Å²) in [4.78, 5) is 39.7. The molecular formula is C21H22N2O4S. The van der Waals surface area contributed by atoms with Crippen LogP contribution in [0.2, 0.25) is 0 Å². The van der Waals surface area contributed by atoms with Crippen LogP contribution in [0.25, 0.3) is 0 Å². The van der Waals surface area contributed by atoms with Crippen molar-refractivity contribution in [3.63, 3.8) is 0 Å². The molecule has 0 bridgehead atoms. The maximum atomic E-state index is 12.8. The lowest BCUT2D eigenvalue weighted by Crippen LogP contribution is -2.28. The Labute approximate surface area is 167 Å². The van der Waals surface area contributed by atoms with Gasteiger partial charge in [0.05, 0.1) is 11.5 Å². The number of aryl methyl sites for hydroxylation is 2. The highest BCUT2D eigenvalue weighted by atomic mass is 32.1. The minimum Gasteiger partial charge on any atom is -0.478 e. The molecule has 2 N–H and O–H groups in total. The van der Waals surface area contributed by atoms with Gasteiger partial charge in [-0.2, -0.15) is 0 Å². The van der Waals surface area contributed by atoms with Crippen molar-refractivity contribution in [1.29, 1.82) is 0 Å². The summed E-state index contributed by atoms with van der Waals surface area (Å²) < 4.78 is 0. The number of fused-ring (bicyclic) bond motifs is 1. The van der Waals surface area contributed by atoms with E-state index in [0.717, 1.165) is 47.4 Å². The van der Waals surface area contributed by atoms with E-state index in [-0.39, 0.29) is 23.8 Å². The minimum absolute atomic E-state index is 0.0883. The molecule has 4 rings (SSSR count). The van der Waals surface area contributed by atoms with Crippen molar-refractivity contribution in [1.82, 2.24) is 0 Å². The van der Waals surface area contributed by atoms with Crippen LogP contribution in [0.4, 0.5) is 10.7 Å². The Bertz CT molecular complexity index is 965. The number of carbonyl (C=O) groups is 3. The molecule has 2 heterocycles. The molecule has 1 saturated heterocycles. The smallest absolute Gasteiger partial charge is 0.339 e. The number of thiophene rings is 1. The highest BCUT2D eigenvalue weighted by Crippen LogP contribution is 2.38. The maximum Gasteiger partial charge on any atom is 0.339 e. The number of rotatable bonds is 4. The Hall–Kier alpha value is -2.67. The summed E-state index contributed by atoms with van der Waals surface area (Å²) in [5.74, 6) is -1.87. The summed E-state index contributed by atoms with van der Waals surface area (Å²) in [5, 5.41) is 12.9. The third-order valence-electron chi connectivity index (χ3n) is 5.43. The molecule has 2 aromatic rings. The average Bonchev–Trinajstić information content (AvgIpc) is 3.22. The van der Waals surface area contributed by atoms with Crippen molar-refractivity contribution in [2.45, 2.75) is 39.0 Å². The van der Waals surface area contributed by atoms with Crippen LogP contribution in [-0.4, -0.2) is 29.4 Å². The van der Waals surface area contributed by atoms with Crippen LogP contribution in [0.5, 0.6) is 0 Å². The van der Waals surface area contributed by atoms with Gasteiger partial charge in [-0.1, -0.05) is 12.1 Å². The molecule has 28 heavy (non-hydrogen) atoms. The Morgan fingerprint density at radius 2 is 2.04 bits per heavy atom. The second-order valence-electron chi connectivity index (χ2n) is 7.45. The van der Waals surface area contributed by atoms with Gasteiger partial charge in [-0.25, -0.2) is 4.79 Å². The summed E-state index contributed by atoms with van der Waals surface area (Å²) in [6.07, 6.45) is 3.75. The summed E-state index contributed by atoms with van der Waals surface area (Å²) in [6, 6.07) is 7.63. The van der Waals surface area contributed by atoms with Crippen LogP contribution in [0.1, 0.15) is 45.6 Å². The highest BCUT2D eigenvalue weighted by Gasteiger charge is 2.36. The lowest BCUT2D eigenvalue weighted by molar-refractivity contribution is -0.122. The first kappa shape index (κ1) is 18.7. The molecule has 146 valence electrons. The van der Waals surface area contributed by atoms with Crippen LogP contribution < -0.4 is 10.2 Å². The summed E-state index contributed by atoms with van der Waals surface area (Å²) in [5.41, 5.74) is 2.93. The van der Waals surface area contributed by atoms with Crippen LogP contribution in [0, 0.1) is 12.8 Å². The fourth-order valence-corrected chi connectivity index (χ4v) is 5.31. The lowest BCUT2D eigenvalue weighted by atomic mass is 9.95. The van der Waals surface area contributed by atoms with Gasteiger partial charge >= 0.3 is 5.97 Å². The molecule has 1 aromatic heterocycles. The maximum absolute atomic E-state index is 12.8. The van der Waals surface area contributed by atoms with Gasteiger partial charge in [0.15, 0.2) is 0 Å². The number of aromatic carboxylic acids is 1. The molecule has 1 aromatic carbocycles. The molecule has 0 saturated carbocycles. The van der Waals surface area contributed by atoms with E-state index in [0.29, 0.717) is 11.5 Å². The first-order chi connectivity index (χ1) is 13.4. The van der Waals surface area contributed by atoms with Crippen LogP contribution >= 0.6 is 11.3 Å². The van der Waals surface area contributed by atoms with E-state index >= 15 is 0 Å². The topological polar surface area (TPSA) is 86.7 Å². The highest BCUT2D eigenvalue weighted by molar-refractivity contribution is 7.17. The monoisotopic (exact) mass is 398 g/mol. The van der Waals surface area contributed by atoms with Crippen molar-refractivity contribution in [3.05, 3.63) is 45.8 Å². The van der Waals surface area contributed by atoms with E-state index in [1.165, 1.54) is 11.3 Å². The number of benzene rings is 1. The Morgan fingerprint density at radius 3 is 2.79 bits per heavy atom. The second-order valence-corrected chi connectivity index (χ2v) is 8.56. The van der Waals surface area contributed by atoms with Gasteiger partial charge in [0.25, 0.3) is 0 Å². The van der Waals surface area contributed by atoms with Crippen molar-refractivity contribution < 1.29 is 19.5 Å². The van der Waals surface area contributed by atoms with Gasteiger partial charge in [0.1, 0.15) is 5.00 Å². The van der Waals surface area contributed by atoms with E-state index in [9.17, 15) is 19.5 Å². The zero-order valence-electron chi connectivity index (χ0n) is 15.7. The van der Waals surface area contributed by atoms with Gasteiger partial charge in [0, 0.05) is 23.5 Å². The molecule has 0 spiro atoms. The molecular weight excluding hydrogens is 376 g/mol. The standard InChI is InChI=1S/C21H22N2O4S/c1-12-5-4-6-14(9-12)23-11-13(10-17(23)24)19(25)22-20-18(21(26)27)15-7-2-3-8-16(15)28-20/h4-6,9,13H,2-3,7-8,10-11H2,1H3,(H,22,25)(H,26,27). The predicted octanol–water partition coefficient (Wildman–Crippen LogP) is 3.63. The number of hydrogen-bond donors (Lipinski definition) is 2. The zero-order valence-corrected chi connectivity index (χ0v) is 16.5. The number of nitrogens with zero attached hydrogens (tertiary/aromatic N) is 1. The number of carboxylic acids is 1. The van der Waals surface area contributed by atoms with Crippen molar-refractivity contribution >= 4 is 39.8 Å². The van der Waals surface area contributed by atoms with E-state index in [4.69, 9.17) is 0 Å². The molecule has 1 aliphatic heterocycles. The van der Waals surface area contributed by atoms with Crippen LogP contribution in [-0.2, 0) is 22.4 Å². The molecule has 2 aliphatic rings. The SMILES string of the molecule is Cc1cccc(N2CC(C(=O)Nc3sc4c(c3C(=O)O)CCCC4)CC2=O)c1. The third-order valence-corrected chi connectivity index (χ3v) is 6.64. The Morgan fingerprint density at radius 1 is 1.25 bits per heavy atom. The number of carbonyl (C=O) groups excluding carboxylic acids is 2. The van der Waals surface area contributed by atoms with Gasteiger partial charge in [-0.05, 0) is 55.9 Å². The average molecular weight is 398 g/mol. The number of amides is 2. The summed E-state index contributed by atoms with van der Waals surface area (Å²) >= 11 is 1.37. The quantitative estimate of drug-likeness (QED) is 0.823. The van der Waals surface area contributed by atoms with E-state index in [2.05, 4.69) is 5.32 Å².